The molecule has 2 aromatic carbocycles. The number of aryl methyl sites for hydroxylation is 3. The van der Waals surface area contributed by atoms with Crippen molar-refractivity contribution in [2.45, 2.75) is 33.7 Å². The van der Waals surface area contributed by atoms with Gasteiger partial charge in [0.25, 0.3) is 0 Å². The Hall–Kier alpha value is -1.87. The lowest BCUT2D eigenvalue weighted by atomic mass is 9.97. The van der Waals surface area contributed by atoms with Crippen molar-refractivity contribution in [2.24, 2.45) is 0 Å². The first kappa shape index (κ1) is 15.5. The number of thiocarbonyl (C=S) groups is 1. The van der Waals surface area contributed by atoms with Gasteiger partial charge in [-0.3, -0.25) is 0 Å². The number of anilines is 1. The summed E-state index contributed by atoms with van der Waals surface area (Å²) in [5, 5.41) is 7.21. The monoisotopic (exact) mass is 298 g/mol. The summed E-state index contributed by atoms with van der Waals surface area (Å²) in [6.45, 7) is 8.57. The summed E-state index contributed by atoms with van der Waals surface area (Å²) in [5.74, 6) is 0. The fourth-order valence-corrected chi connectivity index (χ4v) is 2.71. The second-order valence-electron chi connectivity index (χ2n) is 5.48. The second-order valence-corrected chi connectivity index (χ2v) is 5.89. The van der Waals surface area contributed by atoms with Gasteiger partial charge in [-0.1, -0.05) is 30.3 Å². The Bertz CT molecular complexity index is 635. The minimum atomic E-state index is 0.174. The van der Waals surface area contributed by atoms with Gasteiger partial charge < -0.3 is 10.6 Å². The second kappa shape index (κ2) is 6.72. The van der Waals surface area contributed by atoms with Crippen LogP contribution in [0, 0.1) is 20.8 Å². The predicted molar refractivity (Wildman–Crippen MR) is 94.9 cm³/mol. The molecule has 0 bridgehead atoms. The third kappa shape index (κ3) is 4.05. The topological polar surface area (TPSA) is 24.1 Å². The van der Waals surface area contributed by atoms with E-state index in [1.165, 1.54) is 22.3 Å². The van der Waals surface area contributed by atoms with Crippen LogP contribution in [0.1, 0.15) is 35.2 Å². The fraction of sp³-hybridized carbons (Fsp3) is 0.278. The first-order chi connectivity index (χ1) is 9.97. The third-order valence-corrected chi connectivity index (χ3v) is 3.95. The van der Waals surface area contributed by atoms with Gasteiger partial charge >= 0.3 is 0 Å². The van der Waals surface area contributed by atoms with Crippen molar-refractivity contribution in [3.63, 3.8) is 0 Å². The molecule has 2 aromatic rings. The fourth-order valence-electron chi connectivity index (χ4n) is 2.41. The van der Waals surface area contributed by atoms with Gasteiger partial charge in [-0.05, 0) is 74.3 Å². The zero-order chi connectivity index (χ0) is 15.4. The zero-order valence-corrected chi connectivity index (χ0v) is 13.8. The van der Waals surface area contributed by atoms with E-state index in [1.807, 2.05) is 30.3 Å². The van der Waals surface area contributed by atoms with Crippen LogP contribution in [-0.4, -0.2) is 5.11 Å². The normalized spacial score (nSPS) is 11.8. The van der Waals surface area contributed by atoms with Gasteiger partial charge in [-0.25, -0.2) is 0 Å². The van der Waals surface area contributed by atoms with Gasteiger partial charge in [0.15, 0.2) is 5.11 Å². The van der Waals surface area contributed by atoms with E-state index in [-0.39, 0.29) is 6.04 Å². The standard InChI is InChI=1S/C18H22N2S/c1-12-10-14(3)17(11-13(12)2)15(4)19-18(21)20-16-8-6-5-7-9-16/h5-11,15H,1-4H3,(H2,19,20,21). The van der Waals surface area contributed by atoms with E-state index in [1.54, 1.807) is 0 Å². The molecule has 21 heavy (non-hydrogen) atoms. The van der Waals surface area contributed by atoms with E-state index in [0.717, 1.165) is 5.69 Å². The Labute approximate surface area is 132 Å². The van der Waals surface area contributed by atoms with Gasteiger partial charge in [0, 0.05) is 5.69 Å². The van der Waals surface area contributed by atoms with Gasteiger partial charge in [-0.2, -0.15) is 0 Å². The summed E-state index contributed by atoms with van der Waals surface area (Å²) >= 11 is 5.39. The number of hydrogen-bond acceptors (Lipinski definition) is 1. The Morgan fingerprint density at radius 3 is 2.24 bits per heavy atom. The number of nitrogens with one attached hydrogen (secondary N) is 2. The van der Waals surface area contributed by atoms with Crippen LogP contribution in [0.4, 0.5) is 5.69 Å². The Morgan fingerprint density at radius 2 is 1.57 bits per heavy atom. The lowest BCUT2D eigenvalue weighted by Crippen LogP contribution is -2.31. The summed E-state index contributed by atoms with van der Waals surface area (Å²) in [6.07, 6.45) is 0. The first-order valence-electron chi connectivity index (χ1n) is 7.17. The van der Waals surface area contributed by atoms with Crippen LogP contribution in [-0.2, 0) is 0 Å². The summed E-state index contributed by atoms with van der Waals surface area (Å²) < 4.78 is 0. The van der Waals surface area contributed by atoms with Crippen LogP contribution in [0.2, 0.25) is 0 Å². The highest BCUT2D eigenvalue weighted by Crippen LogP contribution is 2.21. The number of hydrogen-bond donors (Lipinski definition) is 2. The molecule has 0 saturated carbocycles. The molecule has 0 aromatic heterocycles. The van der Waals surface area contributed by atoms with Crippen molar-refractivity contribution < 1.29 is 0 Å². The molecule has 2 N–H and O–H groups in total. The van der Waals surface area contributed by atoms with E-state index in [2.05, 4.69) is 50.5 Å². The zero-order valence-electron chi connectivity index (χ0n) is 13.0. The van der Waals surface area contributed by atoms with Crippen molar-refractivity contribution in [3.8, 4) is 0 Å². The maximum Gasteiger partial charge on any atom is 0.171 e. The molecule has 110 valence electrons. The molecule has 0 spiro atoms. The molecule has 0 heterocycles. The van der Waals surface area contributed by atoms with Crippen molar-refractivity contribution in [3.05, 3.63) is 64.7 Å². The van der Waals surface area contributed by atoms with Crippen LogP contribution in [0.25, 0.3) is 0 Å². The predicted octanol–water partition coefficient (Wildman–Crippen LogP) is 4.66. The van der Waals surface area contributed by atoms with Gasteiger partial charge in [-0.15, -0.1) is 0 Å². The molecule has 2 nitrogen and oxygen atoms in total. The number of benzene rings is 2. The van der Waals surface area contributed by atoms with Gasteiger partial charge in [0.05, 0.1) is 6.04 Å². The summed E-state index contributed by atoms with van der Waals surface area (Å²) in [7, 11) is 0. The molecule has 0 aliphatic rings. The molecule has 0 radical (unpaired) electrons. The summed E-state index contributed by atoms with van der Waals surface area (Å²) in [4.78, 5) is 0. The molecule has 0 saturated heterocycles. The summed E-state index contributed by atoms with van der Waals surface area (Å²) in [6, 6.07) is 14.6. The van der Waals surface area contributed by atoms with E-state index < -0.39 is 0 Å². The first-order valence-corrected chi connectivity index (χ1v) is 7.58. The lowest BCUT2D eigenvalue weighted by molar-refractivity contribution is 0.716. The Morgan fingerprint density at radius 1 is 0.952 bits per heavy atom. The van der Waals surface area contributed by atoms with Crippen LogP contribution < -0.4 is 10.6 Å². The van der Waals surface area contributed by atoms with Gasteiger partial charge in [0.1, 0.15) is 0 Å². The smallest absolute Gasteiger partial charge is 0.171 e. The van der Waals surface area contributed by atoms with Crippen LogP contribution in [0.15, 0.2) is 42.5 Å². The van der Waals surface area contributed by atoms with Crippen LogP contribution in [0.3, 0.4) is 0 Å². The van der Waals surface area contributed by atoms with Gasteiger partial charge in [0.2, 0.25) is 0 Å². The molecule has 3 heteroatoms. The highest BCUT2D eigenvalue weighted by molar-refractivity contribution is 7.80. The SMILES string of the molecule is Cc1cc(C)c(C(C)NC(=S)Nc2ccccc2)cc1C. The Balaban J connectivity index is 2.06. The Kier molecular flexibility index (Phi) is 4.97. The van der Waals surface area contributed by atoms with E-state index in [4.69, 9.17) is 12.2 Å². The molecular formula is C18H22N2S. The van der Waals surface area contributed by atoms with E-state index in [0.29, 0.717) is 5.11 Å². The molecule has 1 unspecified atom stereocenters. The molecule has 0 aliphatic heterocycles. The average Bonchev–Trinajstić information content (AvgIpc) is 2.43. The van der Waals surface area contributed by atoms with Crippen molar-refractivity contribution in [1.29, 1.82) is 0 Å². The molecular weight excluding hydrogens is 276 g/mol. The van der Waals surface area contributed by atoms with Crippen molar-refractivity contribution in [1.82, 2.24) is 5.32 Å². The minimum Gasteiger partial charge on any atom is -0.356 e. The van der Waals surface area contributed by atoms with E-state index in [9.17, 15) is 0 Å². The molecule has 0 amide bonds. The van der Waals surface area contributed by atoms with Crippen LogP contribution >= 0.6 is 12.2 Å². The number of rotatable bonds is 3. The third-order valence-electron chi connectivity index (χ3n) is 3.73. The highest BCUT2D eigenvalue weighted by Gasteiger charge is 2.11. The molecule has 2 rings (SSSR count). The van der Waals surface area contributed by atoms with Crippen LogP contribution in [0.5, 0.6) is 0 Å². The molecule has 1 atom stereocenters. The van der Waals surface area contributed by atoms with Crippen molar-refractivity contribution >= 4 is 23.0 Å². The quantitative estimate of drug-likeness (QED) is 0.806. The maximum atomic E-state index is 5.39. The minimum absolute atomic E-state index is 0.174. The summed E-state index contributed by atoms with van der Waals surface area (Å²) in [5.41, 5.74) is 6.22. The molecule has 0 aliphatic carbocycles. The number of para-hydroxylation sites is 1. The molecule has 0 fully saturated rings. The average molecular weight is 298 g/mol. The van der Waals surface area contributed by atoms with Crippen molar-refractivity contribution in [2.75, 3.05) is 5.32 Å². The maximum absolute atomic E-state index is 5.39. The lowest BCUT2D eigenvalue weighted by Gasteiger charge is -2.20. The largest absolute Gasteiger partial charge is 0.356 e. The highest BCUT2D eigenvalue weighted by atomic mass is 32.1. The van der Waals surface area contributed by atoms with E-state index >= 15 is 0 Å².